The van der Waals surface area contributed by atoms with Crippen LogP contribution in [-0.2, 0) is 9.59 Å². The summed E-state index contributed by atoms with van der Waals surface area (Å²) in [7, 11) is 1.57. The number of methoxy groups -OCH3 is 1. The van der Waals surface area contributed by atoms with E-state index in [0.29, 0.717) is 36.1 Å². The van der Waals surface area contributed by atoms with E-state index in [1.165, 1.54) is 0 Å². The van der Waals surface area contributed by atoms with Gasteiger partial charge < -0.3 is 14.4 Å². The van der Waals surface area contributed by atoms with Gasteiger partial charge in [0.15, 0.2) is 11.5 Å². The van der Waals surface area contributed by atoms with Crippen LogP contribution in [0.25, 0.3) is 6.08 Å². The van der Waals surface area contributed by atoms with E-state index in [2.05, 4.69) is 22.6 Å². The van der Waals surface area contributed by atoms with Gasteiger partial charge in [-0.2, -0.15) is 0 Å². The van der Waals surface area contributed by atoms with Crippen molar-refractivity contribution >= 4 is 57.5 Å². The Balaban J connectivity index is 1.80. The molecular formula is C19H21IN2O5S. The highest BCUT2D eigenvalue weighted by atomic mass is 127. The Hall–Kier alpha value is -1.75. The number of ether oxygens (including phenoxy) is 2. The Kier molecular flexibility index (Phi) is 6.86. The molecular weight excluding hydrogens is 495 g/mol. The number of imide groups is 1. The van der Waals surface area contributed by atoms with Crippen molar-refractivity contribution in [1.29, 1.82) is 0 Å². The van der Waals surface area contributed by atoms with Crippen LogP contribution in [0.3, 0.4) is 0 Å². The molecule has 2 aliphatic heterocycles. The van der Waals surface area contributed by atoms with Crippen molar-refractivity contribution in [3.05, 3.63) is 26.2 Å². The van der Waals surface area contributed by atoms with Crippen LogP contribution in [0.4, 0.5) is 4.79 Å². The molecule has 0 aliphatic carbocycles. The molecule has 2 heterocycles. The van der Waals surface area contributed by atoms with Crippen LogP contribution in [0.15, 0.2) is 17.0 Å². The SMILES string of the molecule is CCOc1cc(/C=C2\SC(=O)N(CC(=O)N3CCCC3)C2=O)cc(I)c1OC. The molecule has 9 heteroatoms. The number of carbonyl (C=O) groups excluding carboxylic acids is 3. The van der Waals surface area contributed by atoms with E-state index in [1.54, 1.807) is 24.2 Å². The quantitative estimate of drug-likeness (QED) is 0.427. The molecule has 150 valence electrons. The lowest BCUT2D eigenvalue weighted by Gasteiger charge is -2.18. The van der Waals surface area contributed by atoms with E-state index in [-0.39, 0.29) is 12.5 Å². The first kappa shape index (κ1) is 21.0. The molecule has 0 spiro atoms. The largest absolute Gasteiger partial charge is 0.492 e. The summed E-state index contributed by atoms with van der Waals surface area (Å²) in [4.78, 5) is 40.3. The molecule has 0 radical (unpaired) electrons. The summed E-state index contributed by atoms with van der Waals surface area (Å²) in [6.07, 6.45) is 3.58. The molecule has 2 saturated heterocycles. The van der Waals surface area contributed by atoms with Gasteiger partial charge in [0.05, 0.1) is 22.2 Å². The highest BCUT2D eigenvalue weighted by molar-refractivity contribution is 14.1. The summed E-state index contributed by atoms with van der Waals surface area (Å²) in [6.45, 7) is 3.53. The molecule has 28 heavy (non-hydrogen) atoms. The number of halogens is 1. The summed E-state index contributed by atoms with van der Waals surface area (Å²) in [6, 6.07) is 3.62. The van der Waals surface area contributed by atoms with E-state index < -0.39 is 11.1 Å². The van der Waals surface area contributed by atoms with Gasteiger partial charge in [0.25, 0.3) is 11.1 Å². The second-order valence-electron chi connectivity index (χ2n) is 6.32. The van der Waals surface area contributed by atoms with Gasteiger partial charge in [0.1, 0.15) is 6.54 Å². The number of hydrogen-bond acceptors (Lipinski definition) is 6. The fourth-order valence-electron chi connectivity index (χ4n) is 3.12. The Bertz CT molecular complexity index is 836. The van der Waals surface area contributed by atoms with E-state index in [4.69, 9.17) is 9.47 Å². The van der Waals surface area contributed by atoms with Crippen LogP contribution in [0, 0.1) is 3.57 Å². The molecule has 1 aromatic rings. The number of nitrogens with zero attached hydrogens (tertiary/aromatic N) is 2. The smallest absolute Gasteiger partial charge is 0.294 e. The number of amides is 3. The van der Waals surface area contributed by atoms with E-state index in [1.807, 2.05) is 13.0 Å². The van der Waals surface area contributed by atoms with Gasteiger partial charge in [0, 0.05) is 13.1 Å². The number of benzene rings is 1. The maximum atomic E-state index is 12.7. The lowest BCUT2D eigenvalue weighted by atomic mass is 10.2. The number of rotatable bonds is 6. The van der Waals surface area contributed by atoms with E-state index >= 15 is 0 Å². The standard InChI is InChI=1S/C19H21IN2O5S/c1-3-27-14-9-12(8-13(20)17(14)26-2)10-15-18(24)22(19(25)28-15)11-16(23)21-6-4-5-7-21/h8-10H,3-7,11H2,1-2H3/b15-10-. The van der Waals surface area contributed by atoms with E-state index in [9.17, 15) is 14.4 Å². The highest BCUT2D eigenvalue weighted by Gasteiger charge is 2.37. The normalized spacial score (nSPS) is 18.3. The van der Waals surface area contributed by atoms with Gasteiger partial charge >= 0.3 is 0 Å². The zero-order valence-electron chi connectivity index (χ0n) is 15.7. The first-order valence-corrected chi connectivity index (χ1v) is 10.9. The van der Waals surface area contributed by atoms with Crippen molar-refractivity contribution in [3.63, 3.8) is 0 Å². The maximum Gasteiger partial charge on any atom is 0.294 e. The third-order valence-corrected chi connectivity index (χ3v) is 6.17. The summed E-state index contributed by atoms with van der Waals surface area (Å²) < 4.78 is 11.8. The Morgan fingerprint density at radius 3 is 2.64 bits per heavy atom. The lowest BCUT2D eigenvalue weighted by Crippen LogP contribution is -2.40. The first-order valence-electron chi connectivity index (χ1n) is 8.98. The topological polar surface area (TPSA) is 76.2 Å². The molecule has 0 bridgehead atoms. The molecule has 0 unspecified atom stereocenters. The molecule has 0 aromatic heterocycles. The molecule has 0 atom stereocenters. The highest BCUT2D eigenvalue weighted by Crippen LogP contribution is 2.37. The molecule has 3 rings (SSSR count). The van der Waals surface area contributed by atoms with Crippen LogP contribution in [0.5, 0.6) is 11.5 Å². The van der Waals surface area contributed by atoms with Gasteiger partial charge in [-0.15, -0.1) is 0 Å². The first-order chi connectivity index (χ1) is 13.4. The van der Waals surface area contributed by atoms with Crippen LogP contribution in [-0.4, -0.2) is 60.2 Å². The minimum absolute atomic E-state index is 0.182. The summed E-state index contributed by atoms with van der Waals surface area (Å²) in [5.41, 5.74) is 0.727. The average Bonchev–Trinajstić information content (AvgIpc) is 3.27. The second kappa shape index (κ2) is 9.17. The van der Waals surface area contributed by atoms with Gasteiger partial charge in [-0.3, -0.25) is 19.3 Å². The third kappa shape index (κ3) is 4.45. The average molecular weight is 516 g/mol. The van der Waals surface area contributed by atoms with E-state index in [0.717, 1.165) is 38.6 Å². The predicted octanol–water partition coefficient (Wildman–Crippen LogP) is 3.36. The molecule has 1 aromatic carbocycles. The van der Waals surface area contributed by atoms with Gasteiger partial charge in [-0.25, -0.2) is 0 Å². The zero-order valence-corrected chi connectivity index (χ0v) is 18.7. The van der Waals surface area contributed by atoms with Crippen LogP contribution >= 0.6 is 34.4 Å². The van der Waals surface area contributed by atoms with Crippen molar-refractivity contribution in [2.45, 2.75) is 19.8 Å². The van der Waals surface area contributed by atoms with Crippen LogP contribution < -0.4 is 9.47 Å². The van der Waals surface area contributed by atoms with Crippen molar-refractivity contribution in [2.24, 2.45) is 0 Å². The van der Waals surface area contributed by atoms with Gasteiger partial charge in [0.2, 0.25) is 5.91 Å². The molecule has 0 saturated carbocycles. The van der Waals surface area contributed by atoms with Crippen molar-refractivity contribution in [3.8, 4) is 11.5 Å². The molecule has 3 amide bonds. The zero-order chi connectivity index (χ0) is 20.3. The lowest BCUT2D eigenvalue weighted by molar-refractivity contribution is -0.135. The number of thioether (sulfide) groups is 1. The molecule has 0 N–H and O–H groups in total. The monoisotopic (exact) mass is 516 g/mol. The van der Waals surface area contributed by atoms with Gasteiger partial charge in [-0.05, 0) is 77.9 Å². The summed E-state index contributed by atoms with van der Waals surface area (Å²) >= 11 is 2.98. The maximum absolute atomic E-state index is 12.7. The summed E-state index contributed by atoms with van der Waals surface area (Å²) in [5.74, 6) is 0.584. The third-order valence-electron chi connectivity index (χ3n) is 4.46. The number of carbonyl (C=O) groups is 3. The Morgan fingerprint density at radius 2 is 2.00 bits per heavy atom. The molecule has 7 nitrogen and oxygen atoms in total. The van der Waals surface area contributed by atoms with Crippen molar-refractivity contribution in [2.75, 3.05) is 33.4 Å². The number of hydrogen-bond donors (Lipinski definition) is 0. The van der Waals surface area contributed by atoms with Crippen LogP contribution in [0.1, 0.15) is 25.3 Å². The second-order valence-corrected chi connectivity index (χ2v) is 8.48. The fourth-order valence-corrected chi connectivity index (χ4v) is 4.81. The van der Waals surface area contributed by atoms with Gasteiger partial charge in [-0.1, -0.05) is 0 Å². The van der Waals surface area contributed by atoms with Crippen LogP contribution in [0.2, 0.25) is 0 Å². The Labute approximate surface area is 181 Å². The number of likely N-dealkylation sites (tertiary alicyclic amines) is 1. The Morgan fingerprint density at radius 1 is 1.29 bits per heavy atom. The minimum atomic E-state index is -0.439. The van der Waals surface area contributed by atoms with Crippen molar-refractivity contribution < 1.29 is 23.9 Å². The summed E-state index contributed by atoms with van der Waals surface area (Å²) in [5, 5.41) is -0.419. The molecule has 2 fully saturated rings. The minimum Gasteiger partial charge on any atom is -0.492 e. The fraction of sp³-hybridized carbons (Fsp3) is 0.421. The van der Waals surface area contributed by atoms with Crippen molar-refractivity contribution in [1.82, 2.24) is 9.80 Å². The molecule has 2 aliphatic rings. The predicted molar refractivity (Wildman–Crippen MR) is 115 cm³/mol.